The van der Waals surface area contributed by atoms with Crippen LogP contribution in [0.5, 0.6) is 0 Å². The van der Waals surface area contributed by atoms with Gasteiger partial charge in [-0.15, -0.1) is 0 Å². The molecule has 2 atom stereocenters. The number of unbranched alkanes of at least 4 members (excludes halogenated alkanes) is 5. The second-order valence-electron chi connectivity index (χ2n) is 4.66. The predicted octanol–water partition coefficient (Wildman–Crippen LogP) is 3.54. The third-order valence-electron chi connectivity index (χ3n) is 3.01. The van der Waals surface area contributed by atoms with Crippen molar-refractivity contribution >= 4 is 0 Å². The summed E-state index contributed by atoms with van der Waals surface area (Å²) in [6, 6.07) is 0. The van der Waals surface area contributed by atoms with E-state index in [2.05, 4.69) is 13.8 Å². The maximum Gasteiger partial charge on any atom is 0.0810 e. The minimum atomic E-state index is 0.297. The highest BCUT2D eigenvalue weighted by molar-refractivity contribution is 4.64. The van der Waals surface area contributed by atoms with Crippen molar-refractivity contribution in [2.75, 3.05) is 13.2 Å². The molecule has 2 heteroatoms. The summed E-state index contributed by atoms with van der Waals surface area (Å²) in [7, 11) is 0. The van der Waals surface area contributed by atoms with Crippen molar-refractivity contribution in [1.82, 2.24) is 0 Å². The van der Waals surface area contributed by atoms with E-state index < -0.39 is 0 Å². The van der Waals surface area contributed by atoms with E-state index in [1.807, 2.05) is 0 Å². The Morgan fingerprint density at radius 1 is 0.933 bits per heavy atom. The van der Waals surface area contributed by atoms with Crippen molar-refractivity contribution < 1.29 is 9.47 Å². The SMILES string of the molecule is CCCCCCCCC1COC(C)CO1. The Balaban J connectivity index is 1.87. The first kappa shape index (κ1) is 13.0. The van der Waals surface area contributed by atoms with Gasteiger partial charge in [0.1, 0.15) is 0 Å². The monoisotopic (exact) mass is 214 g/mol. The topological polar surface area (TPSA) is 18.5 Å². The van der Waals surface area contributed by atoms with Gasteiger partial charge >= 0.3 is 0 Å². The van der Waals surface area contributed by atoms with Crippen molar-refractivity contribution in [3.63, 3.8) is 0 Å². The lowest BCUT2D eigenvalue weighted by Crippen LogP contribution is -2.33. The molecule has 0 aromatic carbocycles. The van der Waals surface area contributed by atoms with Gasteiger partial charge in [0.05, 0.1) is 25.4 Å². The average Bonchev–Trinajstić information content (AvgIpc) is 2.26. The first-order chi connectivity index (χ1) is 7.33. The normalized spacial score (nSPS) is 26.8. The van der Waals surface area contributed by atoms with E-state index in [4.69, 9.17) is 9.47 Å². The molecular formula is C13H26O2. The van der Waals surface area contributed by atoms with Crippen molar-refractivity contribution in [3.8, 4) is 0 Å². The fraction of sp³-hybridized carbons (Fsp3) is 1.00. The van der Waals surface area contributed by atoms with Crippen LogP contribution in [0.25, 0.3) is 0 Å². The van der Waals surface area contributed by atoms with Crippen molar-refractivity contribution in [2.24, 2.45) is 0 Å². The van der Waals surface area contributed by atoms with Gasteiger partial charge in [-0.25, -0.2) is 0 Å². The minimum absolute atomic E-state index is 0.297. The van der Waals surface area contributed by atoms with Crippen LogP contribution in [0.15, 0.2) is 0 Å². The molecule has 90 valence electrons. The highest BCUT2D eigenvalue weighted by Crippen LogP contribution is 2.14. The standard InChI is InChI=1S/C13H26O2/c1-3-4-5-6-7-8-9-13-11-14-12(2)10-15-13/h12-13H,3-11H2,1-2H3. The second-order valence-corrected chi connectivity index (χ2v) is 4.66. The van der Waals surface area contributed by atoms with E-state index in [1.165, 1.54) is 44.9 Å². The van der Waals surface area contributed by atoms with Gasteiger partial charge in [0, 0.05) is 0 Å². The number of rotatable bonds is 7. The third kappa shape index (κ3) is 6.16. The fourth-order valence-corrected chi connectivity index (χ4v) is 1.96. The molecule has 0 N–H and O–H groups in total. The molecule has 2 nitrogen and oxygen atoms in total. The molecule has 0 bridgehead atoms. The first-order valence-corrected chi connectivity index (χ1v) is 6.56. The van der Waals surface area contributed by atoms with E-state index in [-0.39, 0.29) is 0 Å². The lowest BCUT2D eigenvalue weighted by atomic mass is 10.1. The summed E-state index contributed by atoms with van der Waals surface area (Å²) in [4.78, 5) is 0. The summed E-state index contributed by atoms with van der Waals surface area (Å²) in [6.07, 6.45) is 10.0. The Morgan fingerprint density at radius 3 is 2.33 bits per heavy atom. The molecule has 0 aromatic rings. The molecule has 0 aliphatic carbocycles. The summed E-state index contributed by atoms with van der Waals surface area (Å²) in [5, 5.41) is 0. The average molecular weight is 214 g/mol. The van der Waals surface area contributed by atoms with E-state index in [9.17, 15) is 0 Å². The molecule has 0 saturated carbocycles. The van der Waals surface area contributed by atoms with E-state index in [0.717, 1.165) is 13.2 Å². The van der Waals surface area contributed by atoms with Gasteiger partial charge in [-0.05, 0) is 13.3 Å². The molecule has 1 heterocycles. The van der Waals surface area contributed by atoms with Crippen molar-refractivity contribution in [3.05, 3.63) is 0 Å². The number of hydrogen-bond acceptors (Lipinski definition) is 2. The minimum Gasteiger partial charge on any atom is -0.373 e. The van der Waals surface area contributed by atoms with Gasteiger partial charge in [-0.3, -0.25) is 0 Å². The summed E-state index contributed by atoms with van der Waals surface area (Å²) in [5.41, 5.74) is 0. The quantitative estimate of drug-likeness (QED) is 0.603. The van der Waals surface area contributed by atoms with Crippen LogP contribution in [-0.4, -0.2) is 25.4 Å². The van der Waals surface area contributed by atoms with Crippen molar-refractivity contribution in [1.29, 1.82) is 0 Å². The zero-order valence-corrected chi connectivity index (χ0v) is 10.3. The summed E-state index contributed by atoms with van der Waals surface area (Å²) >= 11 is 0. The van der Waals surface area contributed by atoms with E-state index >= 15 is 0 Å². The van der Waals surface area contributed by atoms with E-state index in [0.29, 0.717) is 12.2 Å². The van der Waals surface area contributed by atoms with Gasteiger partial charge in [0.2, 0.25) is 0 Å². The molecule has 0 radical (unpaired) electrons. The molecule has 1 saturated heterocycles. The summed E-state index contributed by atoms with van der Waals surface area (Å²) in [6.45, 7) is 5.91. The second kappa shape index (κ2) is 8.12. The molecule has 0 spiro atoms. The molecule has 15 heavy (non-hydrogen) atoms. The van der Waals surface area contributed by atoms with Crippen LogP contribution in [-0.2, 0) is 9.47 Å². The van der Waals surface area contributed by atoms with Crippen LogP contribution >= 0.6 is 0 Å². The fourth-order valence-electron chi connectivity index (χ4n) is 1.96. The number of hydrogen-bond donors (Lipinski definition) is 0. The zero-order chi connectivity index (χ0) is 10.9. The first-order valence-electron chi connectivity index (χ1n) is 6.56. The van der Waals surface area contributed by atoms with Crippen LogP contribution in [0.4, 0.5) is 0 Å². The van der Waals surface area contributed by atoms with Gasteiger partial charge in [-0.1, -0.05) is 45.4 Å². The smallest absolute Gasteiger partial charge is 0.0810 e. The molecule has 2 unspecified atom stereocenters. The highest BCUT2D eigenvalue weighted by atomic mass is 16.6. The predicted molar refractivity (Wildman–Crippen MR) is 63.1 cm³/mol. The van der Waals surface area contributed by atoms with Crippen LogP contribution in [0, 0.1) is 0 Å². The highest BCUT2D eigenvalue weighted by Gasteiger charge is 2.18. The maximum absolute atomic E-state index is 5.69. The zero-order valence-electron chi connectivity index (χ0n) is 10.3. The Kier molecular flexibility index (Phi) is 7.03. The van der Waals surface area contributed by atoms with Gasteiger partial charge in [0.15, 0.2) is 0 Å². The molecule has 0 amide bonds. The molecular weight excluding hydrogens is 188 g/mol. The van der Waals surface area contributed by atoms with Crippen LogP contribution in [0.3, 0.4) is 0 Å². The van der Waals surface area contributed by atoms with Gasteiger partial charge < -0.3 is 9.47 Å². The van der Waals surface area contributed by atoms with Crippen LogP contribution < -0.4 is 0 Å². The lowest BCUT2D eigenvalue weighted by molar-refractivity contribution is -0.128. The van der Waals surface area contributed by atoms with E-state index in [1.54, 1.807) is 0 Å². The van der Waals surface area contributed by atoms with Gasteiger partial charge in [0.25, 0.3) is 0 Å². The molecule has 1 aliphatic rings. The largest absolute Gasteiger partial charge is 0.373 e. The van der Waals surface area contributed by atoms with Crippen LogP contribution in [0.2, 0.25) is 0 Å². The van der Waals surface area contributed by atoms with Crippen LogP contribution in [0.1, 0.15) is 58.8 Å². The maximum atomic E-state index is 5.69. The Morgan fingerprint density at radius 2 is 1.67 bits per heavy atom. The lowest BCUT2D eigenvalue weighted by Gasteiger charge is -2.27. The third-order valence-corrected chi connectivity index (χ3v) is 3.01. The molecule has 0 aromatic heterocycles. The van der Waals surface area contributed by atoms with Crippen molar-refractivity contribution in [2.45, 2.75) is 71.0 Å². The molecule has 1 aliphatic heterocycles. The van der Waals surface area contributed by atoms with Gasteiger partial charge in [-0.2, -0.15) is 0 Å². The Labute approximate surface area is 94.3 Å². The summed E-state index contributed by atoms with van der Waals surface area (Å²) < 4.78 is 11.3. The Bertz CT molecular complexity index is 139. The molecule has 1 fully saturated rings. The summed E-state index contributed by atoms with van der Waals surface area (Å²) in [5.74, 6) is 0. The number of ether oxygens (including phenoxy) is 2. The molecule has 1 rings (SSSR count). The Hall–Kier alpha value is -0.0800.